The number of rotatable bonds is 2. The van der Waals surface area contributed by atoms with Gasteiger partial charge in [0.1, 0.15) is 0 Å². The maximum Gasteiger partial charge on any atom is 0.0805 e. The SMILES string of the molecule is Cc1ccc(S(=O)C2=CCCCCC2)cc1. The van der Waals surface area contributed by atoms with Crippen molar-refractivity contribution in [3.63, 3.8) is 0 Å². The zero-order valence-electron chi connectivity index (χ0n) is 9.74. The molecule has 0 spiro atoms. The molecule has 0 bridgehead atoms. The molecule has 1 aromatic rings. The minimum atomic E-state index is -0.928. The molecule has 1 aliphatic rings. The Balaban J connectivity index is 2.17. The van der Waals surface area contributed by atoms with Gasteiger partial charge in [0.25, 0.3) is 0 Å². The van der Waals surface area contributed by atoms with Gasteiger partial charge in [0.2, 0.25) is 0 Å². The molecule has 0 heterocycles. The van der Waals surface area contributed by atoms with E-state index in [1.54, 1.807) is 0 Å². The summed E-state index contributed by atoms with van der Waals surface area (Å²) < 4.78 is 12.3. The molecule has 0 N–H and O–H groups in total. The van der Waals surface area contributed by atoms with Gasteiger partial charge in [-0.25, -0.2) is 4.21 Å². The first-order chi connectivity index (χ1) is 7.77. The van der Waals surface area contributed by atoms with Crippen LogP contribution in [0.3, 0.4) is 0 Å². The van der Waals surface area contributed by atoms with Crippen molar-refractivity contribution in [2.45, 2.75) is 43.9 Å². The van der Waals surface area contributed by atoms with Crippen LogP contribution in [0, 0.1) is 6.92 Å². The second-order valence-corrected chi connectivity index (χ2v) is 5.88. The fourth-order valence-corrected chi connectivity index (χ4v) is 3.25. The normalized spacial score (nSPS) is 18.7. The lowest BCUT2D eigenvalue weighted by Crippen LogP contribution is -1.96. The summed E-state index contributed by atoms with van der Waals surface area (Å²) in [7, 11) is -0.928. The summed E-state index contributed by atoms with van der Waals surface area (Å²) in [5, 5.41) is 0. The molecule has 0 aliphatic heterocycles. The van der Waals surface area contributed by atoms with E-state index in [1.165, 1.54) is 24.8 Å². The topological polar surface area (TPSA) is 17.1 Å². The molecule has 1 aliphatic carbocycles. The quantitative estimate of drug-likeness (QED) is 0.757. The van der Waals surface area contributed by atoms with Crippen molar-refractivity contribution in [3.05, 3.63) is 40.8 Å². The third-order valence-electron chi connectivity index (χ3n) is 2.97. The molecule has 0 fully saturated rings. The van der Waals surface area contributed by atoms with E-state index in [0.717, 1.165) is 22.6 Å². The second kappa shape index (κ2) is 5.44. The lowest BCUT2D eigenvalue weighted by Gasteiger charge is -2.05. The first-order valence-electron chi connectivity index (χ1n) is 5.95. The molecule has 0 aromatic heterocycles. The molecule has 2 rings (SSSR count). The van der Waals surface area contributed by atoms with Crippen LogP contribution in [0.25, 0.3) is 0 Å². The number of allylic oxidation sites excluding steroid dienone is 2. The van der Waals surface area contributed by atoms with Crippen LogP contribution in [0.15, 0.2) is 40.1 Å². The predicted octanol–water partition coefficient (Wildman–Crippen LogP) is 3.95. The highest BCUT2D eigenvalue weighted by atomic mass is 32.2. The van der Waals surface area contributed by atoms with Crippen LogP contribution in [0.2, 0.25) is 0 Å². The third kappa shape index (κ3) is 2.82. The van der Waals surface area contributed by atoms with E-state index in [-0.39, 0.29) is 0 Å². The van der Waals surface area contributed by atoms with E-state index >= 15 is 0 Å². The van der Waals surface area contributed by atoms with Crippen molar-refractivity contribution in [1.82, 2.24) is 0 Å². The predicted molar refractivity (Wildman–Crippen MR) is 68.8 cm³/mol. The fraction of sp³-hybridized carbons (Fsp3) is 0.429. The average molecular weight is 234 g/mol. The number of hydrogen-bond acceptors (Lipinski definition) is 1. The van der Waals surface area contributed by atoms with Crippen molar-refractivity contribution in [2.75, 3.05) is 0 Å². The highest BCUT2D eigenvalue weighted by molar-refractivity contribution is 7.89. The Kier molecular flexibility index (Phi) is 3.94. The van der Waals surface area contributed by atoms with Crippen LogP contribution in [0.1, 0.15) is 37.7 Å². The highest BCUT2D eigenvalue weighted by Crippen LogP contribution is 2.24. The molecular formula is C14H18OS. The van der Waals surface area contributed by atoms with Gasteiger partial charge in [-0.2, -0.15) is 0 Å². The van der Waals surface area contributed by atoms with Crippen molar-refractivity contribution >= 4 is 10.8 Å². The van der Waals surface area contributed by atoms with E-state index in [9.17, 15) is 4.21 Å². The average Bonchev–Trinajstić information content (AvgIpc) is 2.57. The highest BCUT2D eigenvalue weighted by Gasteiger charge is 2.11. The largest absolute Gasteiger partial charge is 0.249 e. The number of hydrogen-bond donors (Lipinski definition) is 0. The smallest absolute Gasteiger partial charge is 0.0805 e. The van der Waals surface area contributed by atoms with Gasteiger partial charge in [-0.05, 0) is 44.7 Å². The summed E-state index contributed by atoms with van der Waals surface area (Å²) >= 11 is 0. The van der Waals surface area contributed by atoms with E-state index in [0.29, 0.717) is 0 Å². The minimum absolute atomic E-state index is 0.928. The molecule has 0 amide bonds. The summed E-state index contributed by atoms with van der Waals surface area (Å²) in [5.74, 6) is 0. The molecule has 16 heavy (non-hydrogen) atoms. The number of aryl methyl sites for hydroxylation is 1. The summed E-state index contributed by atoms with van der Waals surface area (Å²) in [4.78, 5) is 2.07. The van der Waals surface area contributed by atoms with Crippen LogP contribution in [0.5, 0.6) is 0 Å². The van der Waals surface area contributed by atoms with Crippen LogP contribution in [-0.4, -0.2) is 4.21 Å². The molecule has 1 aromatic carbocycles. The zero-order chi connectivity index (χ0) is 11.4. The third-order valence-corrected chi connectivity index (χ3v) is 4.52. The lowest BCUT2D eigenvalue weighted by atomic mass is 10.2. The summed E-state index contributed by atoms with van der Waals surface area (Å²) in [6.45, 7) is 2.05. The fourth-order valence-electron chi connectivity index (χ4n) is 1.97. The van der Waals surface area contributed by atoms with Crippen molar-refractivity contribution < 1.29 is 4.21 Å². The lowest BCUT2D eigenvalue weighted by molar-refractivity contribution is 0.682. The summed E-state index contributed by atoms with van der Waals surface area (Å²) in [5.41, 5.74) is 1.22. The van der Waals surface area contributed by atoms with Gasteiger partial charge in [-0.15, -0.1) is 0 Å². The van der Waals surface area contributed by atoms with Gasteiger partial charge in [0.05, 0.1) is 10.8 Å². The first kappa shape index (κ1) is 11.6. The molecule has 0 saturated carbocycles. The second-order valence-electron chi connectivity index (χ2n) is 4.35. The van der Waals surface area contributed by atoms with E-state index in [4.69, 9.17) is 0 Å². The van der Waals surface area contributed by atoms with Crippen LogP contribution in [-0.2, 0) is 10.8 Å². The van der Waals surface area contributed by atoms with Gasteiger partial charge in [0.15, 0.2) is 0 Å². The maximum absolute atomic E-state index is 12.3. The molecule has 86 valence electrons. The number of benzene rings is 1. The standard InChI is InChI=1S/C14H18OS/c1-12-8-10-14(11-9-12)16(15)13-6-4-2-3-5-7-13/h6,8-11H,2-5,7H2,1H3. The first-order valence-corrected chi connectivity index (χ1v) is 7.10. The van der Waals surface area contributed by atoms with Gasteiger partial charge in [-0.1, -0.05) is 30.2 Å². The minimum Gasteiger partial charge on any atom is -0.249 e. The van der Waals surface area contributed by atoms with Gasteiger partial charge < -0.3 is 0 Å². The molecule has 2 heteroatoms. The molecule has 0 radical (unpaired) electrons. The Morgan fingerprint density at radius 2 is 1.81 bits per heavy atom. The van der Waals surface area contributed by atoms with Crippen molar-refractivity contribution in [1.29, 1.82) is 0 Å². The van der Waals surface area contributed by atoms with Crippen molar-refractivity contribution in [2.24, 2.45) is 0 Å². The maximum atomic E-state index is 12.3. The van der Waals surface area contributed by atoms with Gasteiger partial charge in [-0.3, -0.25) is 0 Å². The Morgan fingerprint density at radius 1 is 1.06 bits per heavy atom. The molecular weight excluding hydrogens is 216 g/mol. The van der Waals surface area contributed by atoms with Gasteiger partial charge >= 0.3 is 0 Å². The van der Waals surface area contributed by atoms with Crippen LogP contribution >= 0.6 is 0 Å². The van der Waals surface area contributed by atoms with Crippen LogP contribution < -0.4 is 0 Å². The molecule has 1 unspecified atom stereocenters. The molecule has 1 atom stereocenters. The molecule has 1 nitrogen and oxygen atoms in total. The molecule has 0 saturated heterocycles. The van der Waals surface area contributed by atoms with E-state index in [2.05, 4.69) is 13.0 Å². The Morgan fingerprint density at radius 3 is 2.56 bits per heavy atom. The van der Waals surface area contributed by atoms with Crippen LogP contribution in [0.4, 0.5) is 0 Å². The zero-order valence-corrected chi connectivity index (χ0v) is 10.6. The Hall–Kier alpha value is -0.890. The van der Waals surface area contributed by atoms with Gasteiger partial charge in [0, 0.05) is 9.80 Å². The Labute approximate surface area is 100 Å². The van der Waals surface area contributed by atoms with E-state index < -0.39 is 10.8 Å². The monoisotopic (exact) mass is 234 g/mol. The van der Waals surface area contributed by atoms with E-state index in [1.807, 2.05) is 24.3 Å². The Bertz CT molecular complexity index is 403. The summed E-state index contributed by atoms with van der Waals surface area (Å²) in [6, 6.07) is 8.03. The summed E-state index contributed by atoms with van der Waals surface area (Å²) in [6.07, 6.45) is 7.97. The van der Waals surface area contributed by atoms with Crippen molar-refractivity contribution in [3.8, 4) is 0 Å².